The summed E-state index contributed by atoms with van der Waals surface area (Å²) in [6, 6.07) is 17.4. The molecule has 146 valence electrons. The molecule has 4 rings (SSSR count). The van der Waals surface area contributed by atoms with Crippen molar-refractivity contribution >= 4 is 34.5 Å². The standard InChI is InChI=1S/C22H21IO5/c1-26-12-17-16-11-18(24)27-20(16)19(23)21(17)28-22(25)15-9-7-14(8-10-15)13-5-3-2-4-6-13/h2-10,16-17,19-21H,11-12H2,1H3/t16-,17-,19+,20-,21+/m1/s1. The fourth-order valence-electron chi connectivity index (χ4n) is 4.14. The van der Waals surface area contributed by atoms with Crippen LogP contribution in [0.15, 0.2) is 54.6 Å². The predicted octanol–water partition coefficient (Wildman–Crippen LogP) is 3.89. The third-order valence-electron chi connectivity index (χ3n) is 5.52. The highest BCUT2D eigenvalue weighted by Gasteiger charge is 2.57. The van der Waals surface area contributed by atoms with Gasteiger partial charge in [0, 0.05) is 18.9 Å². The molecule has 0 spiro atoms. The maximum Gasteiger partial charge on any atom is 0.338 e. The average Bonchev–Trinajstić information content (AvgIpc) is 3.21. The lowest BCUT2D eigenvalue weighted by atomic mass is 9.93. The normalized spacial score (nSPS) is 28.6. The summed E-state index contributed by atoms with van der Waals surface area (Å²) in [6.45, 7) is 0.433. The Morgan fingerprint density at radius 1 is 1.11 bits per heavy atom. The zero-order valence-corrected chi connectivity index (χ0v) is 17.6. The van der Waals surface area contributed by atoms with Gasteiger partial charge in [0.05, 0.1) is 22.5 Å². The maximum atomic E-state index is 12.8. The molecule has 0 radical (unpaired) electrons. The quantitative estimate of drug-likeness (QED) is 0.360. The molecule has 1 aliphatic heterocycles. The Kier molecular flexibility index (Phi) is 5.68. The van der Waals surface area contributed by atoms with Crippen LogP contribution in [0.2, 0.25) is 0 Å². The van der Waals surface area contributed by atoms with Crippen LogP contribution in [0.5, 0.6) is 0 Å². The lowest BCUT2D eigenvalue weighted by Crippen LogP contribution is -2.34. The van der Waals surface area contributed by atoms with Crippen LogP contribution < -0.4 is 0 Å². The molecule has 5 nitrogen and oxygen atoms in total. The fourth-order valence-corrected chi connectivity index (χ4v) is 5.50. The Labute approximate surface area is 177 Å². The van der Waals surface area contributed by atoms with Crippen molar-refractivity contribution in [1.29, 1.82) is 0 Å². The number of rotatable bonds is 5. The number of carbonyl (C=O) groups is 2. The largest absolute Gasteiger partial charge is 0.461 e. The van der Waals surface area contributed by atoms with Crippen molar-refractivity contribution in [2.45, 2.75) is 22.6 Å². The molecule has 0 aromatic heterocycles. The first kappa shape index (κ1) is 19.4. The Morgan fingerprint density at radius 2 is 1.79 bits per heavy atom. The summed E-state index contributed by atoms with van der Waals surface area (Å²) in [5, 5.41) is 0. The van der Waals surface area contributed by atoms with E-state index in [0.29, 0.717) is 18.6 Å². The Hall–Kier alpha value is -1.93. The van der Waals surface area contributed by atoms with E-state index in [2.05, 4.69) is 22.6 Å². The summed E-state index contributed by atoms with van der Waals surface area (Å²) in [7, 11) is 1.62. The van der Waals surface area contributed by atoms with E-state index >= 15 is 0 Å². The minimum Gasteiger partial charge on any atom is -0.461 e. The Balaban J connectivity index is 1.49. The lowest BCUT2D eigenvalue weighted by Gasteiger charge is -2.24. The monoisotopic (exact) mass is 492 g/mol. The lowest BCUT2D eigenvalue weighted by molar-refractivity contribution is -0.141. The number of halogens is 1. The number of benzene rings is 2. The molecule has 1 saturated carbocycles. The molecule has 2 aromatic carbocycles. The molecule has 5 atom stereocenters. The van der Waals surface area contributed by atoms with E-state index in [1.807, 2.05) is 42.5 Å². The Bertz CT molecular complexity index is 851. The summed E-state index contributed by atoms with van der Waals surface area (Å²) in [4.78, 5) is 24.4. The van der Waals surface area contributed by atoms with Crippen molar-refractivity contribution in [3.63, 3.8) is 0 Å². The fraction of sp³-hybridized carbons (Fsp3) is 0.364. The summed E-state index contributed by atoms with van der Waals surface area (Å²) in [6.07, 6.45) is -0.200. The second kappa shape index (κ2) is 8.21. The van der Waals surface area contributed by atoms with E-state index in [9.17, 15) is 9.59 Å². The number of methoxy groups -OCH3 is 1. The minimum absolute atomic E-state index is 0.0348. The van der Waals surface area contributed by atoms with Crippen LogP contribution >= 0.6 is 22.6 Å². The van der Waals surface area contributed by atoms with Gasteiger partial charge in [-0.1, -0.05) is 65.1 Å². The summed E-state index contributed by atoms with van der Waals surface area (Å²) < 4.78 is 16.6. The first-order chi connectivity index (χ1) is 13.6. The minimum atomic E-state index is -0.362. The maximum absolute atomic E-state index is 12.8. The van der Waals surface area contributed by atoms with E-state index in [-0.39, 0.29) is 39.9 Å². The number of esters is 2. The van der Waals surface area contributed by atoms with Crippen molar-refractivity contribution in [1.82, 2.24) is 0 Å². The molecule has 0 amide bonds. The van der Waals surface area contributed by atoms with Crippen molar-refractivity contribution in [2.75, 3.05) is 13.7 Å². The molecule has 1 heterocycles. The molecule has 1 aliphatic carbocycles. The van der Waals surface area contributed by atoms with Gasteiger partial charge in [0.15, 0.2) is 0 Å². The summed E-state index contributed by atoms with van der Waals surface area (Å²) in [5.74, 6) is -0.554. The first-order valence-corrected chi connectivity index (χ1v) is 10.5. The number of alkyl halides is 1. The van der Waals surface area contributed by atoms with Gasteiger partial charge in [0.25, 0.3) is 0 Å². The van der Waals surface area contributed by atoms with Gasteiger partial charge in [0.2, 0.25) is 0 Å². The highest BCUT2D eigenvalue weighted by molar-refractivity contribution is 14.1. The molecule has 0 bridgehead atoms. The third kappa shape index (κ3) is 3.67. The van der Waals surface area contributed by atoms with E-state index < -0.39 is 0 Å². The van der Waals surface area contributed by atoms with Crippen molar-refractivity contribution < 1.29 is 23.8 Å². The first-order valence-electron chi connectivity index (χ1n) is 9.27. The molecular weight excluding hydrogens is 471 g/mol. The zero-order chi connectivity index (χ0) is 19.7. The average molecular weight is 492 g/mol. The number of hydrogen-bond donors (Lipinski definition) is 0. The van der Waals surface area contributed by atoms with Gasteiger partial charge in [-0.2, -0.15) is 0 Å². The molecule has 0 N–H and O–H groups in total. The van der Waals surface area contributed by atoms with Gasteiger partial charge in [-0.15, -0.1) is 0 Å². The number of carbonyl (C=O) groups excluding carboxylic acids is 2. The van der Waals surface area contributed by atoms with Crippen LogP contribution in [-0.2, 0) is 19.0 Å². The topological polar surface area (TPSA) is 61.8 Å². The molecule has 1 saturated heterocycles. The molecule has 2 fully saturated rings. The highest BCUT2D eigenvalue weighted by Crippen LogP contribution is 2.46. The van der Waals surface area contributed by atoms with Gasteiger partial charge in [0.1, 0.15) is 12.2 Å². The van der Waals surface area contributed by atoms with Gasteiger partial charge in [-0.3, -0.25) is 4.79 Å². The van der Waals surface area contributed by atoms with E-state index in [1.165, 1.54) is 0 Å². The van der Waals surface area contributed by atoms with E-state index in [1.54, 1.807) is 19.2 Å². The van der Waals surface area contributed by atoms with Gasteiger partial charge >= 0.3 is 11.9 Å². The molecule has 28 heavy (non-hydrogen) atoms. The number of fused-ring (bicyclic) bond motifs is 1. The van der Waals surface area contributed by atoms with Crippen LogP contribution in [0.3, 0.4) is 0 Å². The SMILES string of the molecule is COC[C@@H]1[C@H]2CC(=O)O[C@H]2[C@H](I)[C@H]1OC(=O)c1ccc(-c2ccccc2)cc1. The molecule has 6 heteroatoms. The number of ether oxygens (including phenoxy) is 3. The van der Waals surface area contributed by atoms with E-state index in [4.69, 9.17) is 14.2 Å². The second-order valence-electron chi connectivity index (χ2n) is 7.20. The van der Waals surface area contributed by atoms with Crippen LogP contribution in [0.1, 0.15) is 16.8 Å². The highest BCUT2D eigenvalue weighted by atomic mass is 127. The van der Waals surface area contributed by atoms with Crippen LogP contribution in [-0.4, -0.2) is 41.8 Å². The summed E-state index contributed by atoms with van der Waals surface area (Å²) in [5.41, 5.74) is 2.65. The van der Waals surface area contributed by atoms with Crippen LogP contribution in [0.25, 0.3) is 11.1 Å². The number of hydrogen-bond acceptors (Lipinski definition) is 5. The molecular formula is C22H21IO5. The third-order valence-corrected chi connectivity index (χ3v) is 6.94. The molecule has 2 aliphatic rings. The van der Waals surface area contributed by atoms with E-state index in [0.717, 1.165) is 11.1 Å². The second-order valence-corrected chi connectivity index (χ2v) is 8.64. The van der Waals surface area contributed by atoms with Gasteiger partial charge in [-0.25, -0.2) is 4.79 Å². The zero-order valence-electron chi connectivity index (χ0n) is 15.4. The van der Waals surface area contributed by atoms with Crippen LogP contribution in [0.4, 0.5) is 0 Å². The molecule has 2 aromatic rings. The van der Waals surface area contributed by atoms with Gasteiger partial charge < -0.3 is 14.2 Å². The van der Waals surface area contributed by atoms with Crippen LogP contribution in [0, 0.1) is 11.8 Å². The predicted molar refractivity (Wildman–Crippen MR) is 112 cm³/mol. The van der Waals surface area contributed by atoms with Crippen molar-refractivity contribution in [3.05, 3.63) is 60.2 Å². The van der Waals surface area contributed by atoms with Crippen molar-refractivity contribution in [3.8, 4) is 11.1 Å². The van der Waals surface area contributed by atoms with Crippen molar-refractivity contribution in [2.24, 2.45) is 11.8 Å². The van der Waals surface area contributed by atoms with Gasteiger partial charge in [-0.05, 0) is 23.3 Å². The summed E-state index contributed by atoms with van der Waals surface area (Å²) >= 11 is 2.23. The Morgan fingerprint density at radius 3 is 2.46 bits per heavy atom. The smallest absolute Gasteiger partial charge is 0.338 e. The molecule has 0 unspecified atom stereocenters.